The first-order valence-corrected chi connectivity index (χ1v) is 11.0. The fourth-order valence-corrected chi connectivity index (χ4v) is 4.30. The van der Waals surface area contributed by atoms with Crippen molar-refractivity contribution >= 4 is 5.97 Å². The zero-order valence-corrected chi connectivity index (χ0v) is 17.9. The molecule has 1 aliphatic rings. The quantitative estimate of drug-likeness (QED) is 0.530. The highest BCUT2D eigenvalue weighted by atomic mass is 19.1. The van der Waals surface area contributed by atoms with Crippen LogP contribution in [0.25, 0.3) is 11.3 Å². The number of ether oxygens (including phenoxy) is 1. The van der Waals surface area contributed by atoms with Gasteiger partial charge in [0.1, 0.15) is 5.75 Å². The summed E-state index contributed by atoms with van der Waals surface area (Å²) in [5.41, 5.74) is 0.851. The molecule has 5 heteroatoms. The molecule has 0 amide bonds. The van der Waals surface area contributed by atoms with E-state index >= 15 is 4.39 Å². The number of hydrogen-bond acceptors (Lipinski definition) is 3. The molecule has 1 aromatic heterocycles. The Balaban J connectivity index is 1.61. The van der Waals surface area contributed by atoms with E-state index in [4.69, 9.17) is 4.74 Å². The summed E-state index contributed by atoms with van der Waals surface area (Å²) in [5, 5.41) is 9.65. The fraction of sp³-hybridized carbons (Fsp3) is 0.520. The van der Waals surface area contributed by atoms with Crippen molar-refractivity contribution in [3.05, 3.63) is 48.2 Å². The molecule has 1 fully saturated rings. The van der Waals surface area contributed by atoms with Gasteiger partial charge in [-0.3, -0.25) is 4.98 Å². The molecular formula is C25H32FNO3. The Morgan fingerprint density at radius 2 is 1.90 bits per heavy atom. The van der Waals surface area contributed by atoms with Crippen LogP contribution in [0.3, 0.4) is 0 Å². The van der Waals surface area contributed by atoms with Crippen LogP contribution in [0.4, 0.5) is 4.39 Å². The molecule has 0 saturated heterocycles. The predicted molar refractivity (Wildman–Crippen MR) is 116 cm³/mol. The van der Waals surface area contributed by atoms with Crippen LogP contribution in [0.2, 0.25) is 0 Å². The molecule has 1 N–H and O–H groups in total. The van der Waals surface area contributed by atoms with Gasteiger partial charge in [-0.15, -0.1) is 0 Å². The van der Waals surface area contributed by atoms with Gasteiger partial charge in [0.15, 0.2) is 0 Å². The van der Waals surface area contributed by atoms with Crippen LogP contribution in [0.15, 0.2) is 42.6 Å². The second kappa shape index (κ2) is 10.1. The number of hydrogen-bond donors (Lipinski definition) is 1. The minimum absolute atomic E-state index is 0.00880. The number of alkyl halides is 1. The number of carboxylic acids is 1. The molecule has 0 spiro atoms. The first-order valence-electron chi connectivity index (χ1n) is 11.0. The summed E-state index contributed by atoms with van der Waals surface area (Å²) in [6.45, 7) is 4.27. The van der Waals surface area contributed by atoms with Crippen molar-refractivity contribution in [2.75, 3.05) is 6.61 Å². The maximum absolute atomic E-state index is 15.6. The van der Waals surface area contributed by atoms with Crippen LogP contribution in [0.1, 0.15) is 57.4 Å². The van der Waals surface area contributed by atoms with E-state index in [0.717, 1.165) is 36.1 Å². The van der Waals surface area contributed by atoms with Crippen molar-refractivity contribution in [2.45, 2.75) is 64.5 Å². The minimum Gasteiger partial charge on any atom is -0.493 e. The van der Waals surface area contributed by atoms with Crippen molar-refractivity contribution in [1.29, 1.82) is 0 Å². The monoisotopic (exact) mass is 413 g/mol. The van der Waals surface area contributed by atoms with Gasteiger partial charge in [-0.1, -0.05) is 32.3 Å². The van der Waals surface area contributed by atoms with E-state index in [1.165, 1.54) is 0 Å². The lowest BCUT2D eigenvalue weighted by atomic mass is 9.74. The normalized spacial score (nSPS) is 17.8. The number of pyridine rings is 1. The van der Waals surface area contributed by atoms with E-state index in [-0.39, 0.29) is 18.3 Å². The van der Waals surface area contributed by atoms with Crippen molar-refractivity contribution in [3.8, 4) is 17.0 Å². The average molecular weight is 414 g/mol. The van der Waals surface area contributed by atoms with Crippen molar-refractivity contribution in [3.63, 3.8) is 0 Å². The first-order chi connectivity index (χ1) is 14.4. The number of aliphatic carboxylic acids is 1. The lowest BCUT2D eigenvalue weighted by Gasteiger charge is -2.35. The highest BCUT2D eigenvalue weighted by Crippen LogP contribution is 2.40. The molecule has 0 bridgehead atoms. The van der Waals surface area contributed by atoms with Crippen LogP contribution < -0.4 is 4.74 Å². The van der Waals surface area contributed by atoms with Gasteiger partial charge in [-0.2, -0.15) is 0 Å². The van der Waals surface area contributed by atoms with Gasteiger partial charge in [-0.25, -0.2) is 9.18 Å². The van der Waals surface area contributed by atoms with Crippen LogP contribution in [0, 0.1) is 18.8 Å². The second-order valence-corrected chi connectivity index (χ2v) is 8.54. The molecular weight excluding hydrogens is 381 g/mol. The van der Waals surface area contributed by atoms with E-state index in [9.17, 15) is 9.90 Å². The molecule has 3 rings (SSSR count). The Morgan fingerprint density at radius 1 is 1.20 bits per heavy atom. The maximum atomic E-state index is 15.6. The van der Waals surface area contributed by atoms with E-state index in [1.807, 2.05) is 56.4 Å². The lowest BCUT2D eigenvalue weighted by Crippen LogP contribution is -2.44. The van der Waals surface area contributed by atoms with Crippen LogP contribution in [-0.2, 0) is 4.79 Å². The summed E-state index contributed by atoms with van der Waals surface area (Å²) in [6.07, 6.45) is 6.75. The Bertz CT molecular complexity index is 815. The van der Waals surface area contributed by atoms with Gasteiger partial charge in [0.2, 0.25) is 5.67 Å². The van der Waals surface area contributed by atoms with E-state index < -0.39 is 11.6 Å². The summed E-state index contributed by atoms with van der Waals surface area (Å²) in [6, 6.07) is 11.7. The third-order valence-electron chi connectivity index (χ3n) is 6.32. The van der Waals surface area contributed by atoms with Gasteiger partial charge >= 0.3 is 5.97 Å². The first kappa shape index (κ1) is 22.3. The second-order valence-electron chi connectivity index (χ2n) is 8.54. The van der Waals surface area contributed by atoms with E-state index in [1.54, 1.807) is 0 Å². The van der Waals surface area contributed by atoms with Crippen molar-refractivity contribution in [1.82, 2.24) is 4.98 Å². The standard InChI is InChI=1S/C25H32FNO3/c1-3-19(15-25(26,24(28)29)21-7-5-4-6-8-21)17-30-22-12-10-20(11-13-22)23-14-9-18(2)16-27-23/h9-14,16,19,21H,3-8,15,17H2,1-2H3,(H,28,29)/t19?,25-/m0/s1. The maximum Gasteiger partial charge on any atom is 0.341 e. The van der Waals surface area contributed by atoms with Gasteiger partial charge in [0.05, 0.1) is 12.3 Å². The molecule has 1 aromatic carbocycles. The molecule has 1 aliphatic carbocycles. The van der Waals surface area contributed by atoms with Gasteiger partial charge in [0, 0.05) is 17.7 Å². The molecule has 1 saturated carbocycles. The number of aryl methyl sites for hydroxylation is 1. The van der Waals surface area contributed by atoms with E-state index in [0.29, 0.717) is 31.6 Å². The molecule has 162 valence electrons. The Morgan fingerprint density at radius 3 is 2.47 bits per heavy atom. The average Bonchev–Trinajstić information content (AvgIpc) is 2.78. The number of carbonyl (C=O) groups is 1. The number of benzene rings is 1. The van der Waals surface area contributed by atoms with Crippen LogP contribution in [-0.4, -0.2) is 28.3 Å². The number of nitrogens with zero attached hydrogens (tertiary/aromatic N) is 1. The lowest BCUT2D eigenvalue weighted by molar-refractivity contribution is -0.158. The molecule has 1 heterocycles. The van der Waals surface area contributed by atoms with E-state index in [2.05, 4.69) is 4.98 Å². The number of carboxylic acid groups (broad SMARTS) is 1. The summed E-state index contributed by atoms with van der Waals surface area (Å²) < 4.78 is 21.5. The molecule has 2 aromatic rings. The molecule has 1 unspecified atom stereocenters. The number of rotatable bonds is 9. The van der Waals surface area contributed by atoms with Gasteiger partial charge < -0.3 is 9.84 Å². The Labute approximate surface area is 178 Å². The fourth-order valence-electron chi connectivity index (χ4n) is 4.30. The molecule has 30 heavy (non-hydrogen) atoms. The zero-order chi connectivity index (χ0) is 21.6. The predicted octanol–water partition coefficient (Wildman–Crippen LogP) is 6.23. The largest absolute Gasteiger partial charge is 0.493 e. The van der Waals surface area contributed by atoms with Crippen LogP contribution >= 0.6 is 0 Å². The minimum atomic E-state index is -2.16. The number of halogens is 1. The summed E-state index contributed by atoms with van der Waals surface area (Å²) in [7, 11) is 0. The highest BCUT2D eigenvalue weighted by Gasteiger charge is 2.47. The summed E-state index contributed by atoms with van der Waals surface area (Å²) in [5.74, 6) is -1.16. The third kappa shape index (κ3) is 5.38. The highest BCUT2D eigenvalue weighted by molar-refractivity contribution is 5.77. The smallest absolute Gasteiger partial charge is 0.341 e. The molecule has 2 atom stereocenters. The molecule has 0 aliphatic heterocycles. The third-order valence-corrected chi connectivity index (χ3v) is 6.32. The summed E-state index contributed by atoms with van der Waals surface area (Å²) in [4.78, 5) is 16.2. The topological polar surface area (TPSA) is 59.4 Å². The van der Waals surface area contributed by atoms with Gasteiger partial charge in [-0.05, 0) is 74.4 Å². The van der Waals surface area contributed by atoms with Crippen LogP contribution in [0.5, 0.6) is 5.75 Å². The van der Waals surface area contributed by atoms with Crippen molar-refractivity contribution in [2.24, 2.45) is 11.8 Å². The van der Waals surface area contributed by atoms with Gasteiger partial charge in [0.25, 0.3) is 0 Å². The summed E-state index contributed by atoms with van der Waals surface area (Å²) >= 11 is 0. The Hall–Kier alpha value is -2.43. The SMILES string of the molecule is CCC(COc1ccc(-c2ccc(C)cn2)cc1)C[C@@](F)(C(=O)O)C1CCCCC1. The number of aromatic nitrogens is 1. The Kier molecular flexibility index (Phi) is 7.46. The van der Waals surface area contributed by atoms with Crippen molar-refractivity contribution < 1.29 is 19.0 Å². The molecule has 4 nitrogen and oxygen atoms in total. The zero-order valence-electron chi connectivity index (χ0n) is 17.9. The molecule has 0 radical (unpaired) electrons.